The van der Waals surface area contributed by atoms with Gasteiger partial charge in [0.25, 0.3) is 0 Å². The van der Waals surface area contributed by atoms with Crippen molar-refractivity contribution in [3.8, 4) is 22.6 Å². The third-order valence-electron chi connectivity index (χ3n) is 10.5. The summed E-state index contributed by atoms with van der Waals surface area (Å²) in [5, 5.41) is 4.50. The number of para-hydroxylation sites is 2. The van der Waals surface area contributed by atoms with E-state index in [1.165, 1.54) is 16.2 Å². The number of rotatable bonds is 4. The number of hydrogen-bond acceptors (Lipinski definition) is 5. The minimum atomic E-state index is 0.667. The average molecular weight is 682 g/mol. The topological polar surface area (TPSA) is 55.3 Å². The fourth-order valence-corrected chi connectivity index (χ4v) is 8.00. The fourth-order valence-electron chi connectivity index (χ4n) is 8.00. The largest absolute Gasteiger partial charge is 0.456 e. The maximum Gasteiger partial charge on any atom is 0.162 e. The van der Waals surface area contributed by atoms with Crippen molar-refractivity contribution in [2.75, 3.05) is 4.90 Å². The first-order chi connectivity index (χ1) is 26.2. The molecule has 0 amide bonds. The Morgan fingerprint density at radius 3 is 2.02 bits per heavy atom. The summed E-state index contributed by atoms with van der Waals surface area (Å²) < 4.78 is 12.9. The summed E-state index contributed by atoms with van der Waals surface area (Å²) in [7, 11) is 0. The molecule has 5 nitrogen and oxygen atoms in total. The summed E-state index contributed by atoms with van der Waals surface area (Å²) in [6, 6.07) is 50.4. The SMILES string of the molecule is C1=Cc2cc3oc4ccccc4c3cc2N(c2cc(-c3ccccc3)nc(-c3ccccc3)n2)c2ccc(C3=c4oc5ccccc5c4=CCC3)cc21. The molecule has 0 radical (unpaired) electrons. The van der Waals surface area contributed by atoms with E-state index >= 15 is 0 Å². The van der Waals surface area contributed by atoms with Crippen molar-refractivity contribution < 1.29 is 8.83 Å². The fraction of sp³-hybridized carbons (Fsp3) is 0.0417. The van der Waals surface area contributed by atoms with E-state index in [4.69, 9.17) is 18.8 Å². The third kappa shape index (κ3) is 4.85. The Bertz CT molecular complexity index is 3010. The smallest absolute Gasteiger partial charge is 0.162 e. The molecular weight excluding hydrogens is 651 g/mol. The lowest BCUT2D eigenvalue weighted by atomic mass is 9.94. The average Bonchev–Trinajstić information content (AvgIpc) is 3.74. The third-order valence-corrected chi connectivity index (χ3v) is 10.5. The normalized spacial score (nSPS) is 13.5. The van der Waals surface area contributed by atoms with Gasteiger partial charge in [0.15, 0.2) is 5.82 Å². The van der Waals surface area contributed by atoms with Crippen LogP contribution in [0.2, 0.25) is 0 Å². The van der Waals surface area contributed by atoms with Gasteiger partial charge in [-0.25, -0.2) is 9.97 Å². The molecule has 53 heavy (non-hydrogen) atoms. The summed E-state index contributed by atoms with van der Waals surface area (Å²) >= 11 is 0. The Balaban J connectivity index is 1.18. The zero-order valence-electron chi connectivity index (χ0n) is 28.7. The summed E-state index contributed by atoms with van der Waals surface area (Å²) in [5.41, 5.74) is 13.0. The highest BCUT2D eigenvalue weighted by Crippen LogP contribution is 2.46. The first-order valence-corrected chi connectivity index (χ1v) is 18.0. The van der Waals surface area contributed by atoms with Crippen molar-refractivity contribution in [1.29, 1.82) is 0 Å². The molecule has 0 unspecified atom stereocenters. The molecule has 9 aromatic rings. The minimum Gasteiger partial charge on any atom is -0.456 e. The number of aromatic nitrogens is 2. The molecule has 0 N–H and O–H groups in total. The van der Waals surface area contributed by atoms with Gasteiger partial charge in [0.2, 0.25) is 0 Å². The molecule has 11 rings (SSSR count). The lowest BCUT2D eigenvalue weighted by molar-refractivity contribution is 0.568. The lowest BCUT2D eigenvalue weighted by Gasteiger charge is -2.27. The van der Waals surface area contributed by atoms with Crippen LogP contribution in [0.5, 0.6) is 0 Å². The molecule has 3 aromatic heterocycles. The van der Waals surface area contributed by atoms with E-state index in [1.807, 2.05) is 42.5 Å². The molecule has 2 aliphatic rings. The Morgan fingerprint density at radius 1 is 0.509 bits per heavy atom. The van der Waals surface area contributed by atoms with E-state index in [0.29, 0.717) is 5.82 Å². The monoisotopic (exact) mass is 681 g/mol. The van der Waals surface area contributed by atoms with Crippen molar-refractivity contribution in [3.05, 3.63) is 173 Å². The van der Waals surface area contributed by atoms with Crippen LogP contribution in [-0.2, 0) is 0 Å². The van der Waals surface area contributed by atoms with Gasteiger partial charge in [-0.15, -0.1) is 0 Å². The lowest BCUT2D eigenvalue weighted by Crippen LogP contribution is -2.26. The van der Waals surface area contributed by atoms with Crippen LogP contribution in [0.1, 0.15) is 29.5 Å². The van der Waals surface area contributed by atoms with E-state index in [0.717, 1.165) is 96.5 Å². The number of hydrogen-bond donors (Lipinski definition) is 0. The van der Waals surface area contributed by atoms with E-state index in [9.17, 15) is 0 Å². The van der Waals surface area contributed by atoms with Crippen LogP contribution in [0.25, 0.3) is 79.4 Å². The van der Waals surface area contributed by atoms with Crippen LogP contribution in [0.15, 0.2) is 154 Å². The van der Waals surface area contributed by atoms with Crippen LogP contribution >= 0.6 is 0 Å². The zero-order chi connectivity index (χ0) is 34.9. The molecule has 0 atom stereocenters. The first kappa shape index (κ1) is 29.7. The molecule has 5 heteroatoms. The number of furan rings is 2. The van der Waals surface area contributed by atoms with Gasteiger partial charge in [-0.3, -0.25) is 4.90 Å². The molecule has 0 saturated carbocycles. The van der Waals surface area contributed by atoms with Crippen LogP contribution in [0, 0.1) is 0 Å². The van der Waals surface area contributed by atoms with Crippen LogP contribution in [0.3, 0.4) is 0 Å². The van der Waals surface area contributed by atoms with Crippen molar-refractivity contribution in [2.24, 2.45) is 0 Å². The number of nitrogens with zero attached hydrogens (tertiary/aromatic N) is 3. The summed E-state index contributed by atoms with van der Waals surface area (Å²) in [6.45, 7) is 0. The molecule has 0 saturated heterocycles. The van der Waals surface area contributed by atoms with Gasteiger partial charge in [0.1, 0.15) is 28.0 Å². The standard InChI is InChI=1S/C48H31N3O2/c1-3-12-30(13-4-1)40-29-46(50-48(49-40)31-14-5-2-6-15-31)51-41-25-24-32(35-18-11-19-38-36-16-7-10-21-44(36)53-47(35)38)26-33(41)22-23-34-27-45-39(28-42(34)51)37-17-8-9-20-43(37)52-45/h1-10,12-17,19-29H,11,18H2. The Hall–Kier alpha value is -6.98. The summed E-state index contributed by atoms with van der Waals surface area (Å²) in [4.78, 5) is 12.7. The Labute approximate surface area is 305 Å². The quantitative estimate of drug-likeness (QED) is 0.185. The predicted octanol–water partition coefficient (Wildman–Crippen LogP) is 11.2. The second-order valence-electron chi connectivity index (χ2n) is 13.7. The van der Waals surface area contributed by atoms with Gasteiger partial charge in [-0.05, 0) is 60.4 Å². The maximum atomic E-state index is 6.52. The Morgan fingerprint density at radius 2 is 1.21 bits per heavy atom. The Kier molecular flexibility index (Phi) is 6.61. The van der Waals surface area contributed by atoms with E-state index < -0.39 is 0 Å². The van der Waals surface area contributed by atoms with Crippen molar-refractivity contribution >= 4 is 73.9 Å². The molecule has 6 aromatic carbocycles. The zero-order valence-corrected chi connectivity index (χ0v) is 28.7. The minimum absolute atomic E-state index is 0.667. The van der Waals surface area contributed by atoms with Crippen LogP contribution in [0.4, 0.5) is 17.2 Å². The van der Waals surface area contributed by atoms with Crippen molar-refractivity contribution in [2.45, 2.75) is 12.8 Å². The molecule has 4 heterocycles. The highest BCUT2D eigenvalue weighted by molar-refractivity contribution is 6.09. The number of anilines is 3. The maximum absolute atomic E-state index is 6.52. The molecule has 0 fully saturated rings. The van der Waals surface area contributed by atoms with E-state index in [1.54, 1.807) is 0 Å². The second-order valence-corrected chi connectivity index (χ2v) is 13.7. The highest BCUT2D eigenvalue weighted by Gasteiger charge is 2.26. The van der Waals surface area contributed by atoms with E-state index in [2.05, 4.69) is 126 Å². The van der Waals surface area contributed by atoms with Gasteiger partial charge in [0.05, 0.1) is 17.1 Å². The number of benzene rings is 6. The molecule has 1 aliphatic carbocycles. The van der Waals surface area contributed by atoms with Crippen molar-refractivity contribution in [1.82, 2.24) is 9.97 Å². The van der Waals surface area contributed by atoms with E-state index in [-0.39, 0.29) is 0 Å². The van der Waals surface area contributed by atoms with Crippen LogP contribution in [-0.4, -0.2) is 9.97 Å². The van der Waals surface area contributed by atoms with Gasteiger partial charge >= 0.3 is 0 Å². The van der Waals surface area contributed by atoms with Gasteiger partial charge < -0.3 is 8.83 Å². The molecule has 1 aliphatic heterocycles. The highest BCUT2D eigenvalue weighted by atomic mass is 16.3. The summed E-state index contributed by atoms with van der Waals surface area (Å²) in [5.74, 6) is 1.45. The second kappa shape index (κ2) is 11.8. The van der Waals surface area contributed by atoms with Gasteiger partial charge in [-0.1, -0.05) is 121 Å². The number of fused-ring (bicyclic) bond motifs is 8. The molecule has 0 spiro atoms. The molecular formula is C48H31N3O2. The molecule has 0 bridgehead atoms. The van der Waals surface area contributed by atoms with Gasteiger partial charge in [-0.2, -0.15) is 0 Å². The predicted molar refractivity (Wildman–Crippen MR) is 215 cm³/mol. The summed E-state index contributed by atoms with van der Waals surface area (Å²) in [6.07, 6.45) is 8.62. The molecule has 250 valence electrons. The van der Waals surface area contributed by atoms with Gasteiger partial charge in [0, 0.05) is 49.7 Å². The van der Waals surface area contributed by atoms with Crippen LogP contribution < -0.4 is 15.5 Å². The first-order valence-electron chi connectivity index (χ1n) is 18.0. The van der Waals surface area contributed by atoms with Crippen molar-refractivity contribution in [3.63, 3.8) is 0 Å².